The number of nitrogens with one attached hydrogen (secondary N) is 2. The van der Waals surface area contributed by atoms with Gasteiger partial charge in [0.15, 0.2) is 0 Å². The molecule has 1 aromatic rings. The Kier molecular flexibility index (Phi) is 6.79. The summed E-state index contributed by atoms with van der Waals surface area (Å²) in [7, 11) is -3.45. The minimum atomic E-state index is -3.45. The molecule has 4 nitrogen and oxygen atoms in total. The smallest absolute Gasteiger partial charge is 0.241 e. The molecule has 0 unspecified atom stereocenters. The molecule has 0 spiro atoms. The van der Waals surface area contributed by atoms with Gasteiger partial charge in [-0.15, -0.1) is 0 Å². The Balaban J connectivity index is 2.63. The molecule has 0 fully saturated rings. The number of halogens is 2. The molecule has 0 aliphatic carbocycles. The van der Waals surface area contributed by atoms with Crippen LogP contribution in [0.4, 0.5) is 0 Å². The molecule has 1 aromatic carbocycles. The molecule has 0 aliphatic heterocycles. The second kappa shape index (κ2) is 7.59. The van der Waals surface area contributed by atoms with Crippen LogP contribution in [-0.4, -0.2) is 28.1 Å². The average molecular weight is 400 g/mol. The van der Waals surface area contributed by atoms with Crippen LogP contribution >= 0.6 is 31.9 Å². The quantitative estimate of drug-likeness (QED) is 0.692. The fourth-order valence-corrected chi connectivity index (χ4v) is 4.12. The first-order chi connectivity index (χ1) is 8.47. The maximum Gasteiger partial charge on any atom is 0.241 e. The van der Waals surface area contributed by atoms with Crippen molar-refractivity contribution < 1.29 is 8.42 Å². The highest BCUT2D eigenvalue weighted by atomic mass is 79.9. The van der Waals surface area contributed by atoms with Gasteiger partial charge in [0.05, 0.1) is 4.90 Å². The summed E-state index contributed by atoms with van der Waals surface area (Å²) in [4.78, 5) is 0.251. The van der Waals surface area contributed by atoms with Crippen molar-refractivity contribution in [2.75, 3.05) is 19.6 Å². The molecule has 102 valence electrons. The summed E-state index contributed by atoms with van der Waals surface area (Å²) in [6.45, 7) is 3.96. The Labute approximate surface area is 125 Å². The van der Waals surface area contributed by atoms with Gasteiger partial charge in [-0.05, 0) is 47.1 Å². The molecule has 0 aromatic heterocycles. The summed E-state index contributed by atoms with van der Waals surface area (Å²) in [5.41, 5.74) is 0. The molecule has 1 rings (SSSR count). The lowest BCUT2D eigenvalue weighted by Gasteiger charge is -2.09. The normalized spacial score (nSPS) is 11.7. The third-order valence-electron chi connectivity index (χ3n) is 2.20. The summed E-state index contributed by atoms with van der Waals surface area (Å²) in [6.07, 6.45) is 1.03. The van der Waals surface area contributed by atoms with Gasteiger partial charge in [0.2, 0.25) is 10.0 Å². The van der Waals surface area contributed by atoms with Gasteiger partial charge in [-0.25, -0.2) is 13.1 Å². The zero-order valence-electron chi connectivity index (χ0n) is 10.0. The lowest BCUT2D eigenvalue weighted by Crippen LogP contribution is -2.32. The fourth-order valence-electron chi connectivity index (χ4n) is 1.35. The summed E-state index contributed by atoms with van der Waals surface area (Å²) in [5.74, 6) is 0. The molecule has 18 heavy (non-hydrogen) atoms. The Morgan fingerprint density at radius 3 is 2.50 bits per heavy atom. The van der Waals surface area contributed by atoms with Crippen molar-refractivity contribution in [3.8, 4) is 0 Å². The van der Waals surface area contributed by atoms with Crippen LogP contribution in [0.15, 0.2) is 32.0 Å². The van der Waals surface area contributed by atoms with Gasteiger partial charge in [-0.2, -0.15) is 0 Å². The number of benzene rings is 1. The van der Waals surface area contributed by atoms with Crippen LogP contribution in [0, 0.1) is 0 Å². The van der Waals surface area contributed by atoms with Crippen molar-refractivity contribution in [2.24, 2.45) is 0 Å². The fraction of sp³-hybridized carbons (Fsp3) is 0.455. The maximum atomic E-state index is 12.0. The second-order valence-corrected chi connectivity index (χ2v) is 7.23. The van der Waals surface area contributed by atoms with E-state index in [0.717, 1.165) is 17.4 Å². The molecule has 0 atom stereocenters. The van der Waals surface area contributed by atoms with E-state index in [9.17, 15) is 8.42 Å². The zero-order valence-corrected chi connectivity index (χ0v) is 14.0. The lowest BCUT2D eigenvalue weighted by molar-refractivity contribution is 0.575. The van der Waals surface area contributed by atoms with Gasteiger partial charge in [0.1, 0.15) is 0 Å². The van der Waals surface area contributed by atoms with E-state index in [0.29, 0.717) is 17.6 Å². The molecule has 0 aliphatic rings. The van der Waals surface area contributed by atoms with Crippen molar-refractivity contribution >= 4 is 41.9 Å². The van der Waals surface area contributed by atoms with Crippen molar-refractivity contribution in [3.05, 3.63) is 27.1 Å². The van der Waals surface area contributed by atoms with E-state index in [1.807, 2.05) is 0 Å². The van der Waals surface area contributed by atoms with E-state index >= 15 is 0 Å². The molecular weight excluding hydrogens is 384 g/mol. The van der Waals surface area contributed by atoms with Gasteiger partial charge in [0, 0.05) is 22.0 Å². The topological polar surface area (TPSA) is 58.2 Å². The molecule has 0 heterocycles. The number of hydrogen-bond donors (Lipinski definition) is 2. The molecule has 0 saturated heterocycles. The monoisotopic (exact) mass is 398 g/mol. The highest BCUT2D eigenvalue weighted by molar-refractivity contribution is 9.11. The first-order valence-electron chi connectivity index (χ1n) is 5.63. The van der Waals surface area contributed by atoms with Crippen molar-refractivity contribution in [1.82, 2.24) is 10.0 Å². The van der Waals surface area contributed by atoms with E-state index in [4.69, 9.17) is 0 Å². The largest absolute Gasteiger partial charge is 0.315 e. The predicted octanol–water partition coefficient (Wildman–Crippen LogP) is 2.49. The van der Waals surface area contributed by atoms with Crippen LogP contribution in [0.3, 0.4) is 0 Å². The Morgan fingerprint density at radius 2 is 1.89 bits per heavy atom. The van der Waals surface area contributed by atoms with Gasteiger partial charge in [-0.1, -0.05) is 22.9 Å². The predicted molar refractivity (Wildman–Crippen MR) is 80.2 cm³/mol. The average Bonchev–Trinajstić information content (AvgIpc) is 2.28. The van der Waals surface area contributed by atoms with Crippen LogP contribution in [0.2, 0.25) is 0 Å². The maximum absolute atomic E-state index is 12.0. The van der Waals surface area contributed by atoms with E-state index in [1.54, 1.807) is 18.2 Å². The molecule has 2 N–H and O–H groups in total. The third-order valence-corrected chi connectivity index (χ3v) is 5.14. The summed E-state index contributed by atoms with van der Waals surface area (Å²) in [6, 6.07) is 4.98. The summed E-state index contributed by atoms with van der Waals surface area (Å²) in [5, 5.41) is 3.14. The number of hydrogen-bond acceptors (Lipinski definition) is 3. The molecule has 0 amide bonds. The van der Waals surface area contributed by atoms with Gasteiger partial charge < -0.3 is 5.32 Å². The van der Waals surface area contributed by atoms with Crippen molar-refractivity contribution in [3.63, 3.8) is 0 Å². The molecule has 0 radical (unpaired) electrons. The minimum Gasteiger partial charge on any atom is -0.315 e. The molecule has 0 bridgehead atoms. The van der Waals surface area contributed by atoms with Gasteiger partial charge in [-0.3, -0.25) is 0 Å². The van der Waals surface area contributed by atoms with E-state index in [2.05, 4.69) is 48.8 Å². The van der Waals surface area contributed by atoms with Crippen LogP contribution in [0.5, 0.6) is 0 Å². The minimum absolute atomic E-state index is 0.251. The number of sulfonamides is 1. The van der Waals surface area contributed by atoms with Crippen LogP contribution in [-0.2, 0) is 10.0 Å². The SMILES string of the molecule is CCCNCCNS(=O)(=O)c1ccc(Br)cc1Br. The first-order valence-corrected chi connectivity index (χ1v) is 8.69. The summed E-state index contributed by atoms with van der Waals surface area (Å²) < 4.78 is 28.0. The third kappa shape index (κ3) is 4.97. The molecular formula is C11H16Br2N2O2S. The Hall–Kier alpha value is 0.0500. The standard InChI is InChI=1S/C11H16Br2N2O2S/c1-2-5-14-6-7-15-18(16,17)11-4-3-9(12)8-10(11)13/h3-4,8,14-15H,2,5-7H2,1H3. The lowest BCUT2D eigenvalue weighted by atomic mass is 10.4. The zero-order chi connectivity index (χ0) is 13.6. The summed E-state index contributed by atoms with van der Waals surface area (Å²) >= 11 is 6.54. The van der Waals surface area contributed by atoms with Crippen molar-refractivity contribution in [2.45, 2.75) is 18.2 Å². The second-order valence-electron chi connectivity index (χ2n) is 3.72. The Morgan fingerprint density at radius 1 is 1.17 bits per heavy atom. The highest BCUT2D eigenvalue weighted by Crippen LogP contribution is 2.25. The van der Waals surface area contributed by atoms with Gasteiger partial charge in [0.25, 0.3) is 0 Å². The first kappa shape index (κ1) is 16.1. The van der Waals surface area contributed by atoms with Gasteiger partial charge >= 0.3 is 0 Å². The van der Waals surface area contributed by atoms with E-state index in [1.165, 1.54) is 0 Å². The van der Waals surface area contributed by atoms with Crippen LogP contribution in [0.1, 0.15) is 13.3 Å². The molecule has 0 saturated carbocycles. The highest BCUT2D eigenvalue weighted by Gasteiger charge is 2.16. The number of rotatable bonds is 7. The Bertz CT molecular complexity index is 492. The van der Waals surface area contributed by atoms with E-state index in [-0.39, 0.29) is 4.90 Å². The van der Waals surface area contributed by atoms with Crippen LogP contribution < -0.4 is 10.0 Å². The molecule has 7 heteroatoms. The van der Waals surface area contributed by atoms with Crippen LogP contribution in [0.25, 0.3) is 0 Å². The van der Waals surface area contributed by atoms with Crippen molar-refractivity contribution in [1.29, 1.82) is 0 Å². The van der Waals surface area contributed by atoms with E-state index < -0.39 is 10.0 Å².